The van der Waals surface area contributed by atoms with Crippen molar-refractivity contribution in [2.45, 2.75) is 32.1 Å². The van der Waals surface area contributed by atoms with E-state index in [4.69, 9.17) is 5.73 Å². The Morgan fingerprint density at radius 2 is 2.00 bits per heavy atom. The summed E-state index contributed by atoms with van der Waals surface area (Å²) in [5, 5.41) is 2.62. The second-order valence-electron chi connectivity index (χ2n) is 4.24. The maximum atomic E-state index is 10.3. The molecular formula is C14H22N2O. The van der Waals surface area contributed by atoms with Gasteiger partial charge in [-0.1, -0.05) is 37.3 Å². The van der Waals surface area contributed by atoms with E-state index in [-0.39, 0.29) is 12.5 Å². The Balaban J connectivity index is 0.000000172. The Hall–Kier alpha value is -1.35. The minimum atomic E-state index is -0.0770. The molecule has 0 radical (unpaired) electrons. The van der Waals surface area contributed by atoms with Gasteiger partial charge in [-0.3, -0.25) is 4.79 Å². The van der Waals surface area contributed by atoms with Gasteiger partial charge in [0.15, 0.2) is 0 Å². The molecule has 1 fully saturated rings. The van der Waals surface area contributed by atoms with Crippen LogP contribution in [0.4, 0.5) is 0 Å². The summed E-state index contributed by atoms with van der Waals surface area (Å²) in [6.45, 7) is 2.83. The highest BCUT2D eigenvalue weighted by Crippen LogP contribution is 2.39. The molecule has 0 unspecified atom stereocenters. The van der Waals surface area contributed by atoms with E-state index in [0.29, 0.717) is 0 Å². The lowest BCUT2D eigenvalue weighted by molar-refractivity contribution is -0.119. The SMILES string of the molecule is CCCNC(=O)CN.c1ccc(C2CC2)cc1. The highest BCUT2D eigenvalue weighted by atomic mass is 16.1. The Morgan fingerprint density at radius 3 is 2.47 bits per heavy atom. The monoisotopic (exact) mass is 234 g/mol. The molecule has 0 aliphatic heterocycles. The number of carbonyl (C=O) groups excluding carboxylic acids is 1. The molecule has 0 aromatic heterocycles. The number of hydrogen-bond donors (Lipinski definition) is 2. The van der Waals surface area contributed by atoms with Gasteiger partial charge in [-0.25, -0.2) is 0 Å². The summed E-state index contributed by atoms with van der Waals surface area (Å²) in [5.74, 6) is 0.832. The lowest BCUT2D eigenvalue weighted by atomic mass is 10.1. The van der Waals surface area contributed by atoms with Crippen molar-refractivity contribution in [2.75, 3.05) is 13.1 Å². The molecule has 0 spiro atoms. The molecule has 3 nitrogen and oxygen atoms in total. The summed E-state index contributed by atoms with van der Waals surface area (Å²) in [4.78, 5) is 10.3. The van der Waals surface area contributed by atoms with Gasteiger partial charge in [0.05, 0.1) is 6.54 Å². The maximum Gasteiger partial charge on any atom is 0.233 e. The van der Waals surface area contributed by atoms with Crippen molar-refractivity contribution in [1.82, 2.24) is 5.32 Å². The molecule has 17 heavy (non-hydrogen) atoms. The molecule has 3 heteroatoms. The van der Waals surface area contributed by atoms with E-state index in [9.17, 15) is 4.79 Å². The third kappa shape index (κ3) is 6.07. The molecule has 94 valence electrons. The van der Waals surface area contributed by atoms with Crippen LogP contribution in [0.5, 0.6) is 0 Å². The topological polar surface area (TPSA) is 55.1 Å². The van der Waals surface area contributed by atoms with E-state index in [0.717, 1.165) is 18.9 Å². The Morgan fingerprint density at radius 1 is 1.35 bits per heavy atom. The molecule has 1 aromatic rings. The van der Waals surface area contributed by atoms with Crippen molar-refractivity contribution in [2.24, 2.45) is 5.73 Å². The summed E-state index contributed by atoms with van der Waals surface area (Å²) in [5.41, 5.74) is 6.53. The van der Waals surface area contributed by atoms with E-state index < -0.39 is 0 Å². The first-order valence-corrected chi connectivity index (χ1v) is 6.29. The minimum Gasteiger partial charge on any atom is -0.355 e. The van der Waals surface area contributed by atoms with Gasteiger partial charge in [0.2, 0.25) is 5.91 Å². The smallest absolute Gasteiger partial charge is 0.233 e. The number of hydrogen-bond acceptors (Lipinski definition) is 2. The van der Waals surface area contributed by atoms with Crippen molar-refractivity contribution in [3.05, 3.63) is 35.9 Å². The largest absolute Gasteiger partial charge is 0.355 e. The van der Waals surface area contributed by atoms with Crippen molar-refractivity contribution in [3.63, 3.8) is 0 Å². The predicted octanol–water partition coefficient (Wildman–Crippen LogP) is 2.04. The summed E-state index contributed by atoms with van der Waals surface area (Å²) >= 11 is 0. The summed E-state index contributed by atoms with van der Waals surface area (Å²) in [7, 11) is 0. The van der Waals surface area contributed by atoms with Gasteiger partial charge in [0.1, 0.15) is 0 Å². The van der Waals surface area contributed by atoms with Gasteiger partial charge >= 0.3 is 0 Å². The predicted molar refractivity (Wildman–Crippen MR) is 70.8 cm³/mol. The van der Waals surface area contributed by atoms with E-state index in [1.54, 1.807) is 0 Å². The van der Waals surface area contributed by atoms with Gasteiger partial charge in [-0.05, 0) is 30.7 Å². The van der Waals surface area contributed by atoms with Crippen LogP contribution < -0.4 is 11.1 Å². The highest BCUT2D eigenvalue weighted by Gasteiger charge is 2.22. The fourth-order valence-corrected chi connectivity index (χ4v) is 1.48. The average molecular weight is 234 g/mol. The molecule has 0 atom stereocenters. The molecule has 0 bridgehead atoms. The third-order valence-corrected chi connectivity index (χ3v) is 2.61. The lowest BCUT2D eigenvalue weighted by Crippen LogP contribution is -2.30. The molecule has 3 N–H and O–H groups in total. The van der Waals surface area contributed by atoms with E-state index in [2.05, 4.69) is 35.6 Å². The van der Waals surface area contributed by atoms with Crippen LogP contribution >= 0.6 is 0 Å². The zero-order chi connectivity index (χ0) is 12.5. The molecule has 2 rings (SSSR count). The maximum absolute atomic E-state index is 10.3. The molecule has 1 aromatic carbocycles. The normalized spacial score (nSPS) is 13.5. The fraction of sp³-hybridized carbons (Fsp3) is 0.500. The van der Waals surface area contributed by atoms with Crippen LogP contribution in [0.25, 0.3) is 0 Å². The van der Waals surface area contributed by atoms with Gasteiger partial charge in [-0.15, -0.1) is 0 Å². The number of nitrogens with one attached hydrogen (secondary N) is 1. The van der Waals surface area contributed by atoms with Crippen molar-refractivity contribution in [3.8, 4) is 0 Å². The van der Waals surface area contributed by atoms with E-state index in [1.807, 2.05) is 6.92 Å². The van der Waals surface area contributed by atoms with Crippen LogP contribution in [-0.2, 0) is 4.79 Å². The zero-order valence-corrected chi connectivity index (χ0v) is 10.5. The number of benzene rings is 1. The van der Waals surface area contributed by atoms with Crippen molar-refractivity contribution < 1.29 is 4.79 Å². The Bertz CT molecular complexity index is 320. The van der Waals surface area contributed by atoms with Gasteiger partial charge in [0.25, 0.3) is 0 Å². The molecule has 1 aliphatic carbocycles. The third-order valence-electron chi connectivity index (χ3n) is 2.61. The van der Waals surface area contributed by atoms with Crippen LogP contribution in [0.1, 0.15) is 37.7 Å². The minimum absolute atomic E-state index is 0.0770. The molecule has 0 heterocycles. The van der Waals surface area contributed by atoms with Gasteiger partial charge in [-0.2, -0.15) is 0 Å². The van der Waals surface area contributed by atoms with Crippen molar-refractivity contribution >= 4 is 5.91 Å². The van der Waals surface area contributed by atoms with E-state index >= 15 is 0 Å². The average Bonchev–Trinajstić information content (AvgIpc) is 3.22. The van der Waals surface area contributed by atoms with Crippen LogP contribution in [0.15, 0.2) is 30.3 Å². The lowest BCUT2D eigenvalue weighted by Gasteiger charge is -1.97. The highest BCUT2D eigenvalue weighted by molar-refractivity contribution is 5.77. The Kier molecular flexibility index (Phi) is 6.33. The van der Waals surface area contributed by atoms with E-state index in [1.165, 1.54) is 18.4 Å². The molecule has 1 aliphatic rings. The standard InChI is InChI=1S/C9H10.C5H12N2O/c1-2-4-8(5-3-1)9-6-7-9;1-2-3-7-5(8)4-6/h1-5,9H,6-7H2;2-4,6H2,1H3,(H,7,8). The first-order chi connectivity index (χ1) is 8.27. The van der Waals surface area contributed by atoms with Crippen molar-refractivity contribution in [1.29, 1.82) is 0 Å². The first-order valence-electron chi connectivity index (χ1n) is 6.29. The van der Waals surface area contributed by atoms with Crippen LogP contribution in [0.2, 0.25) is 0 Å². The molecule has 1 amide bonds. The second kappa shape index (κ2) is 7.85. The van der Waals surface area contributed by atoms with Gasteiger partial charge < -0.3 is 11.1 Å². The number of nitrogens with two attached hydrogens (primary N) is 1. The molecule has 0 saturated heterocycles. The summed E-state index contributed by atoms with van der Waals surface area (Å²) in [6.07, 6.45) is 3.78. The quantitative estimate of drug-likeness (QED) is 0.837. The summed E-state index contributed by atoms with van der Waals surface area (Å²) in [6, 6.07) is 10.8. The van der Waals surface area contributed by atoms with Crippen LogP contribution in [-0.4, -0.2) is 19.0 Å². The zero-order valence-electron chi connectivity index (χ0n) is 10.5. The van der Waals surface area contributed by atoms with Crippen LogP contribution in [0.3, 0.4) is 0 Å². The first kappa shape index (κ1) is 13.7. The molecular weight excluding hydrogens is 212 g/mol. The van der Waals surface area contributed by atoms with Gasteiger partial charge in [0, 0.05) is 6.54 Å². The Labute approximate surface area is 103 Å². The summed E-state index contributed by atoms with van der Waals surface area (Å²) < 4.78 is 0. The number of carbonyl (C=O) groups is 1. The molecule has 1 saturated carbocycles. The fourth-order valence-electron chi connectivity index (χ4n) is 1.48. The number of amides is 1. The second-order valence-corrected chi connectivity index (χ2v) is 4.24. The number of rotatable bonds is 4. The van der Waals surface area contributed by atoms with Crippen LogP contribution in [0, 0.1) is 0 Å².